The lowest BCUT2D eigenvalue weighted by molar-refractivity contribution is 0.0208. The van der Waals surface area contributed by atoms with Crippen molar-refractivity contribution in [1.29, 1.82) is 0 Å². The highest BCUT2D eigenvalue weighted by atomic mass is 127. The highest BCUT2D eigenvalue weighted by molar-refractivity contribution is 14.0. The molecule has 2 rings (SSSR count). The van der Waals surface area contributed by atoms with Gasteiger partial charge in [0.2, 0.25) is 0 Å². The van der Waals surface area contributed by atoms with E-state index in [1.807, 2.05) is 0 Å². The molecule has 0 unspecified atom stereocenters. The van der Waals surface area contributed by atoms with Crippen LogP contribution < -0.4 is 11.1 Å². The van der Waals surface area contributed by atoms with Crippen LogP contribution in [-0.2, 0) is 0 Å². The van der Waals surface area contributed by atoms with Crippen molar-refractivity contribution >= 4 is 29.9 Å². The summed E-state index contributed by atoms with van der Waals surface area (Å²) in [6, 6.07) is 0. The lowest BCUT2D eigenvalue weighted by atomic mass is 9.84. The Morgan fingerprint density at radius 1 is 1.04 bits per heavy atom. The standard InChI is InChI=1S/C19H39N5.HI/c1-3-4-5-7-12-21-18(20)22-17-19(10-15-23(2)16-11-19)24-13-8-6-9-14-24;/h3-17H2,1-2H3,(H3,20,21,22);1H. The number of guanidine groups is 1. The summed E-state index contributed by atoms with van der Waals surface area (Å²) in [6.07, 6.45) is 11.6. The van der Waals surface area contributed by atoms with Gasteiger partial charge in [0, 0.05) is 12.1 Å². The molecule has 5 nitrogen and oxygen atoms in total. The number of likely N-dealkylation sites (tertiary alicyclic amines) is 2. The third-order valence-electron chi connectivity index (χ3n) is 5.82. The van der Waals surface area contributed by atoms with E-state index in [0.717, 1.165) is 13.1 Å². The summed E-state index contributed by atoms with van der Waals surface area (Å²) in [5.41, 5.74) is 6.37. The zero-order valence-corrected chi connectivity index (χ0v) is 18.8. The van der Waals surface area contributed by atoms with Crippen LogP contribution in [0.4, 0.5) is 0 Å². The molecule has 0 aliphatic carbocycles. The van der Waals surface area contributed by atoms with Crippen LogP contribution in [0.25, 0.3) is 0 Å². The zero-order chi connectivity index (χ0) is 17.3. The summed E-state index contributed by atoms with van der Waals surface area (Å²) in [5.74, 6) is 0.641. The molecule has 0 saturated carbocycles. The van der Waals surface area contributed by atoms with Gasteiger partial charge in [-0.3, -0.25) is 9.89 Å². The van der Waals surface area contributed by atoms with E-state index < -0.39 is 0 Å². The first kappa shape index (κ1) is 23.0. The molecule has 148 valence electrons. The summed E-state index contributed by atoms with van der Waals surface area (Å²) in [5, 5.41) is 3.31. The predicted octanol–water partition coefficient (Wildman–Crippen LogP) is 3.04. The first-order valence-corrected chi connectivity index (χ1v) is 10.1. The van der Waals surface area contributed by atoms with Crippen LogP contribution in [0.15, 0.2) is 4.99 Å². The topological polar surface area (TPSA) is 56.9 Å². The van der Waals surface area contributed by atoms with Gasteiger partial charge in [-0.05, 0) is 65.3 Å². The number of rotatable bonds is 8. The van der Waals surface area contributed by atoms with Crippen LogP contribution in [0.3, 0.4) is 0 Å². The average Bonchev–Trinajstić information content (AvgIpc) is 2.62. The summed E-state index contributed by atoms with van der Waals surface area (Å²) in [4.78, 5) is 9.93. The second-order valence-corrected chi connectivity index (χ2v) is 7.76. The smallest absolute Gasteiger partial charge is 0.188 e. The van der Waals surface area contributed by atoms with E-state index in [4.69, 9.17) is 10.7 Å². The average molecular weight is 465 g/mol. The highest BCUT2D eigenvalue weighted by Gasteiger charge is 2.39. The first-order valence-electron chi connectivity index (χ1n) is 10.1. The van der Waals surface area contributed by atoms with Crippen molar-refractivity contribution < 1.29 is 0 Å². The van der Waals surface area contributed by atoms with Gasteiger partial charge in [-0.25, -0.2) is 0 Å². The Hall–Kier alpha value is -0.0800. The highest BCUT2D eigenvalue weighted by Crippen LogP contribution is 2.31. The molecule has 6 heteroatoms. The van der Waals surface area contributed by atoms with E-state index in [1.165, 1.54) is 84.0 Å². The molecule has 2 aliphatic rings. The summed E-state index contributed by atoms with van der Waals surface area (Å²) >= 11 is 0. The maximum absolute atomic E-state index is 6.13. The van der Waals surface area contributed by atoms with Gasteiger partial charge in [-0.15, -0.1) is 24.0 Å². The fourth-order valence-corrected chi connectivity index (χ4v) is 4.03. The maximum Gasteiger partial charge on any atom is 0.188 e. The molecule has 3 N–H and O–H groups in total. The van der Waals surface area contributed by atoms with Gasteiger partial charge in [-0.2, -0.15) is 0 Å². The summed E-state index contributed by atoms with van der Waals surface area (Å²) in [7, 11) is 2.23. The second-order valence-electron chi connectivity index (χ2n) is 7.76. The second kappa shape index (κ2) is 12.3. The Morgan fingerprint density at radius 2 is 1.72 bits per heavy atom. The fraction of sp³-hybridized carbons (Fsp3) is 0.947. The van der Waals surface area contributed by atoms with Crippen molar-refractivity contribution in [3.8, 4) is 0 Å². The molecule has 0 aromatic heterocycles. The van der Waals surface area contributed by atoms with Crippen LogP contribution in [0.2, 0.25) is 0 Å². The van der Waals surface area contributed by atoms with Gasteiger partial charge < -0.3 is 16.0 Å². The van der Waals surface area contributed by atoms with E-state index in [0.29, 0.717) is 5.96 Å². The van der Waals surface area contributed by atoms with Gasteiger partial charge in [0.1, 0.15) is 0 Å². The number of piperidine rings is 2. The Balaban J connectivity index is 0.00000312. The molecule has 2 fully saturated rings. The fourth-order valence-electron chi connectivity index (χ4n) is 4.03. The molecule has 0 amide bonds. The van der Waals surface area contributed by atoms with Gasteiger partial charge in [0.05, 0.1) is 6.54 Å². The van der Waals surface area contributed by atoms with E-state index >= 15 is 0 Å². The third-order valence-corrected chi connectivity index (χ3v) is 5.82. The van der Waals surface area contributed by atoms with Crippen molar-refractivity contribution in [2.45, 2.75) is 70.3 Å². The molecule has 0 spiro atoms. The predicted molar refractivity (Wildman–Crippen MR) is 119 cm³/mol. The largest absolute Gasteiger partial charge is 0.370 e. The van der Waals surface area contributed by atoms with Crippen molar-refractivity contribution in [3.63, 3.8) is 0 Å². The van der Waals surface area contributed by atoms with Crippen molar-refractivity contribution in [2.75, 3.05) is 46.3 Å². The van der Waals surface area contributed by atoms with E-state index in [2.05, 4.69) is 29.1 Å². The van der Waals surface area contributed by atoms with Crippen molar-refractivity contribution in [1.82, 2.24) is 15.1 Å². The first-order chi connectivity index (χ1) is 11.7. The van der Waals surface area contributed by atoms with Crippen LogP contribution in [0.5, 0.6) is 0 Å². The molecule has 25 heavy (non-hydrogen) atoms. The number of aliphatic imine (C=N–C) groups is 1. The van der Waals surface area contributed by atoms with E-state index in [-0.39, 0.29) is 29.5 Å². The van der Waals surface area contributed by atoms with Crippen LogP contribution in [0, 0.1) is 0 Å². The van der Waals surface area contributed by atoms with Gasteiger partial charge >= 0.3 is 0 Å². The zero-order valence-electron chi connectivity index (χ0n) is 16.4. The third kappa shape index (κ3) is 7.59. The van der Waals surface area contributed by atoms with Gasteiger partial charge in [0.15, 0.2) is 5.96 Å². The van der Waals surface area contributed by atoms with E-state index in [1.54, 1.807) is 0 Å². The number of nitrogens with one attached hydrogen (secondary N) is 1. The van der Waals surface area contributed by atoms with Crippen LogP contribution in [0.1, 0.15) is 64.7 Å². The summed E-state index contributed by atoms with van der Waals surface area (Å²) in [6.45, 7) is 8.88. The number of nitrogens with zero attached hydrogens (tertiary/aromatic N) is 3. The Morgan fingerprint density at radius 3 is 2.36 bits per heavy atom. The normalized spacial score (nSPS) is 22.4. The number of hydrogen-bond donors (Lipinski definition) is 2. The Labute approximate surface area is 172 Å². The summed E-state index contributed by atoms with van der Waals surface area (Å²) < 4.78 is 0. The molecular weight excluding hydrogens is 425 g/mol. The molecule has 0 aromatic carbocycles. The molecule has 0 aromatic rings. The molecule has 0 radical (unpaired) electrons. The van der Waals surface area contributed by atoms with Gasteiger partial charge in [-0.1, -0.05) is 32.6 Å². The lowest BCUT2D eigenvalue weighted by Gasteiger charge is -2.49. The minimum atomic E-state index is 0. The molecule has 2 heterocycles. The molecule has 0 atom stereocenters. The number of hydrogen-bond acceptors (Lipinski definition) is 3. The van der Waals surface area contributed by atoms with E-state index in [9.17, 15) is 0 Å². The monoisotopic (exact) mass is 465 g/mol. The quantitative estimate of drug-likeness (QED) is 0.251. The minimum Gasteiger partial charge on any atom is -0.370 e. The number of nitrogens with two attached hydrogens (primary N) is 1. The number of unbranched alkanes of at least 4 members (excludes halogenated alkanes) is 3. The van der Waals surface area contributed by atoms with Crippen molar-refractivity contribution in [2.24, 2.45) is 10.7 Å². The van der Waals surface area contributed by atoms with Crippen LogP contribution >= 0.6 is 24.0 Å². The Kier molecular flexibility index (Phi) is 11.3. The van der Waals surface area contributed by atoms with Crippen LogP contribution in [-0.4, -0.2) is 67.6 Å². The molecule has 2 aliphatic heterocycles. The Bertz CT molecular complexity index is 374. The molecular formula is C19H40IN5. The van der Waals surface area contributed by atoms with Crippen molar-refractivity contribution in [3.05, 3.63) is 0 Å². The lowest BCUT2D eigenvalue weighted by Crippen LogP contribution is -2.58. The minimum absolute atomic E-state index is 0. The molecule has 0 bridgehead atoms. The maximum atomic E-state index is 6.13. The van der Waals surface area contributed by atoms with Gasteiger partial charge in [0.25, 0.3) is 0 Å². The molecule has 2 saturated heterocycles. The SMILES string of the molecule is CCCCCCNC(N)=NCC1(N2CCCCC2)CCN(C)CC1.I. The number of halogens is 1.